The third kappa shape index (κ3) is 47.6. The molecule has 0 heterocycles. The van der Waals surface area contributed by atoms with Crippen molar-refractivity contribution in [1.82, 2.24) is 0 Å². The second-order valence-electron chi connectivity index (χ2n) is 4.93. The summed E-state index contributed by atoms with van der Waals surface area (Å²) in [7, 11) is 0. The van der Waals surface area contributed by atoms with Gasteiger partial charge in [0, 0.05) is 5.41 Å². The molecule has 0 aromatic rings. The fourth-order valence-electron chi connectivity index (χ4n) is 1.86. The summed E-state index contributed by atoms with van der Waals surface area (Å²) in [5.41, 5.74) is 2.80. The molecule has 190 valence electrons. The van der Waals surface area contributed by atoms with Crippen LogP contribution in [-0.4, -0.2) is 0 Å². The highest BCUT2D eigenvalue weighted by Gasteiger charge is 2.23. The Labute approximate surface area is 203 Å². The summed E-state index contributed by atoms with van der Waals surface area (Å²) < 4.78 is 0. The van der Waals surface area contributed by atoms with E-state index in [2.05, 4.69) is 91.2 Å². The van der Waals surface area contributed by atoms with E-state index in [1.165, 1.54) is 11.1 Å². The zero-order valence-corrected chi connectivity index (χ0v) is 25.5. The second kappa shape index (κ2) is 63.0. The van der Waals surface area contributed by atoms with Crippen molar-refractivity contribution in [3.63, 3.8) is 0 Å². The summed E-state index contributed by atoms with van der Waals surface area (Å²) in [5, 5.41) is 0. The van der Waals surface area contributed by atoms with E-state index in [1.807, 2.05) is 83.1 Å². The van der Waals surface area contributed by atoms with Crippen molar-refractivity contribution in [2.45, 2.75) is 125 Å². The molecule has 0 bridgehead atoms. The first-order chi connectivity index (χ1) is 14.9. The summed E-state index contributed by atoms with van der Waals surface area (Å²) in [6, 6.07) is 0. The number of hydrogen-bond donors (Lipinski definition) is 0. The molecule has 0 aliphatic heterocycles. The lowest BCUT2D eigenvalue weighted by Gasteiger charge is -2.28. The predicted molar refractivity (Wildman–Crippen MR) is 159 cm³/mol. The highest BCUT2D eigenvalue weighted by atomic mass is 14.3. The Kier molecular flexibility index (Phi) is 105. The van der Waals surface area contributed by atoms with Gasteiger partial charge >= 0.3 is 0 Å². The fourth-order valence-corrected chi connectivity index (χ4v) is 1.86. The predicted octanol–water partition coefficient (Wildman–Crippen LogP) is 12.6. The van der Waals surface area contributed by atoms with Gasteiger partial charge in [0.05, 0.1) is 0 Å². The Morgan fingerprint density at radius 3 is 0.742 bits per heavy atom. The topological polar surface area (TPSA) is 0 Å². The molecule has 0 saturated carbocycles. The molecule has 0 fully saturated rings. The van der Waals surface area contributed by atoms with E-state index < -0.39 is 0 Å². The zero-order valence-electron chi connectivity index (χ0n) is 25.5. The minimum atomic E-state index is 0.0858. The lowest BCUT2D eigenvalue weighted by Crippen LogP contribution is -2.15. The van der Waals surface area contributed by atoms with E-state index in [9.17, 15) is 0 Å². The van der Waals surface area contributed by atoms with Gasteiger partial charge in [-0.15, -0.1) is 13.2 Å². The van der Waals surface area contributed by atoms with Crippen LogP contribution in [0.1, 0.15) is 125 Å². The first-order valence-corrected chi connectivity index (χ1v) is 12.6. The molecule has 0 aromatic heterocycles. The molecule has 0 aromatic carbocycles. The van der Waals surface area contributed by atoms with Crippen LogP contribution in [0.15, 0.2) is 72.9 Å². The van der Waals surface area contributed by atoms with E-state index in [-0.39, 0.29) is 5.41 Å². The minimum Gasteiger partial charge on any atom is -0.103 e. The first-order valence-electron chi connectivity index (χ1n) is 12.6. The molecule has 0 aliphatic carbocycles. The van der Waals surface area contributed by atoms with Crippen molar-refractivity contribution in [2.24, 2.45) is 5.41 Å². The maximum Gasteiger partial charge on any atom is 0.0139 e. The van der Waals surface area contributed by atoms with Crippen molar-refractivity contribution < 1.29 is 0 Å². The molecule has 0 rings (SSSR count). The zero-order chi connectivity index (χ0) is 27.3. The van der Waals surface area contributed by atoms with Crippen LogP contribution in [0.3, 0.4) is 0 Å². The lowest BCUT2D eigenvalue weighted by molar-refractivity contribution is 0.564. The molecule has 0 N–H and O–H groups in total. The van der Waals surface area contributed by atoms with Gasteiger partial charge in [0.15, 0.2) is 0 Å². The van der Waals surface area contributed by atoms with Crippen LogP contribution in [0.25, 0.3) is 0 Å². The summed E-state index contributed by atoms with van der Waals surface area (Å²) in [5.74, 6) is 0. The first kappa shape index (κ1) is 51.8. The monoisotopic (exact) mass is 439 g/mol. The van der Waals surface area contributed by atoms with Crippen molar-refractivity contribution in [3.05, 3.63) is 72.9 Å². The Morgan fingerprint density at radius 1 is 0.484 bits per heavy atom. The van der Waals surface area contributed by atoms with Gasteiger partial charge in [0.2, 0.25) is 0 Å². The Bertz CT molecular complexity index is 335. The van der Waals surface area contributed by atoms with Gasteiger partial charge in [-0.05, 0) is 52.7 Å². The largest absolute Gasteiger partial charge is 0.103 e. The van der Waals surface area contributed by atoms with Gasteiger partial charge in [-0.3, -0.25) is 0 Å². The normalized spacial score (nSPS) is 9.35. The molecular weight excluding hydrogens is 372 g/mol. The Hall–Kier alpha value is -1.56. The number of allylic oxidation sites excluding steroid dienone is 10. The van der Waals surface area contributed by atoms with Crippen LogP contribution < -0.4 is 0 Å². The van der Waals surface area contributed by atoms with Gasteiger partial charge in [-0.1, -0.05) is 132 Å². The number of hydrogen-bond acceptors (Lipinski definition) is 0. The third-order valence-corrected chi connectivity index (χ3v) is 2.76. The van der Waals surface area contributed by atoms with E-state index in [0.717, 1.165) is 0 Å². The van der Waals surface area contributed by atoms with Crippen molar-refractivity contribution in [1.29, 1.82) is 0 Å². The Balaban J connectivity index is -0.0000000456. The van der Waals surface area contributed by atoms with E-state index in [4.69, 9.17) is 0 Å². The minimum absolute atomic E-state index is 0.0858. The van der Waals surface area contributed by atoms with Crippen LogP contribution in [-0.2, 0) is 0 Å². The van der Waals surface area contributed by atoms with E-state index in [0.29, 0.717) is 0 Å². The molecule has 0 aliphatic rings. The summed E-state index contributed by atoms with van der Waals surface area (Å²) >= 11 is 0. The maximum absolute atomic E-state index is 3.36. The Morgan fingerprint density at radius 2 is 0.645 bits per heavy atom. The fraction of sp³-hybridized carbons (Fsp3) is 0.613. The van der Waals surface area contributed by atoms with Crippen LogP contribution in [0.4, 0.5) is 0 Å². The molecule has 0 nitrogen and oxygen atoms in total. The van der Waals surface area contributed by atoms with Gasteiger partial charge in [0.25, 0.3) is 0 Å². The summed E-state index contributed by atoms with van der Waals surface area (Å²) in [4.78, 5) is 0. The smallest absolute Gasteiger partial charge is 0.0139 e. The molecule has 0 radical (unpaired) electrons. The van der Waals surface area contributed by atoms with Crippen LogP contribution >= 0.6 is 0 Å². The van der Waals surface area contributed by atoms with Crippen molar-refractivity contribution >= 4 is 0 Å². The average Bonchev–Trinajstić information content (AvgIpc) is 2.83. The highest BCUT2D eigenvalue weighted by molar-refractivity contribution is 5.39. The van der Waals surface area contributed by atoms with Gasteiger partial charge in [-0.25, -0.2) is 0 Å². The summed E-state index contributed by atoms with van der Waals surface area (Å²) in [6.07, 6.45) is 16.4. The van der Waals surface area contributed by atoms with Gasteiger partial charge < -0.3 is 0 Å². The van der Waals surface area contributed by atoms with Gasteiger partial charge in [-0.2, -0.15) is 0 Å². The molecule has 0 atom stereocenters. The molecule has 0 unspecified atom stereocenters. The van der Waals surface area contributed by atoms with E-state index >= 15 is 0 Å². The van der Waals surface area contributed by atoms with Crippen LogP contribution in [0.2, 0.25) is 0 Å². The quantitative estimate of drug-likeness (QED) is 0.302. The molecular formula is C31H66. The molecule has 0 heteroatoms. The molecule has 0 saturated heterocycles. The van der Waals surface area contributed by atoms with Crippen molar-refractivity contribution in [3.8, 4) is 0 Å². The lowest BCUT2D eigenvalue weighted by atomic mass is 9.76. The third-order valence-electron chi connectivity index (χ3n) is 2.76. The highest BCUT2D eigenvalue weighted by Crippen LogP contribution is 2.36. The molecule has 0 amide bonds. The number of rotatable bonds is 4. The second-order valence-corrected chi connectivity index (χ2v) is 4.93. The molecule has 0 spiro atoms. The van der Waals surface area contributed by atoms with Gasteiger partial charge in [0.1, 0.15) is 0 Å². The van der Waals surface area contributed by atoms with Crippen LogP contribution in [0.5, 0.6) is 0 Å². The summed E-state index contributed by atoms with van der Waals surface area (Å²) in [6.45, 7) is 43.3. The molecule has 31 heavy (non-hydrogen) atoms. The average molecular weight is 439 g/mol. The van der Waals surface area contributed by atoms with Crippen molar-refractivity contribution in [2.75, 3.05) is 0 Å². The van der Waals surface area contributed by atoms with E-state index in [1.54, 1.807) is 12.2 Å². The maximum atomic E-state index is 3.36. The van der Waals surface area contributed by atoms with Crippen LogP contribution in [0, 0.1) is 5.41 Å². The SMILES string of the molecule is C/C=C\C(=C/C)C(C)(C)C(/C=C\C)=C/C.C=CC.C=CC.CC.CC.CC.CC.CC. The standard InChI is InChI=1S/C15H24.2C3H6.5C2H6/c1-7-11-13(9-3)15(5,6)14(10-4)12-8-2;2*1-3-2;5*1-2/h7-12H,1-6H3;2*3H,1H2,2H3;5*1-2H3/b11-7-,12-8-,13-9+,14-10+;;;;;;;.